The van der Waals surface area contributed by atoms with Crippen LogP contribution in [0.15, 0.2) is 34.9 Å². The predicted octanol–water partition coefficient (Wildman–Crippen LogP) is 4.46. The first kappa shape index (κ1) is 20.8. The number of furan rings is 1. The quantitative estimate of drug-likeness (QED) is 0.790. The molecule has 2 amide bonds. The zero-order valence-corrected chi connectivity index (χ0v) is 18.5. The van der Waals surface area contributed by atoms with E-state index >= 15 is 0 Å². The van der Waals surface area contributed by atoms with Crippen LogP contribution >= 0.6 is 0 Å². The fourth-order valence-corrected chi connectivity index (χ4v) is 4.99. The highest BCUT2D eigenvalue weighted by atomic mass is 16.3. The van der Waals surface area contributed by atoms with Crippen LogP contribution in [0.25, 0.3) is 11.5 Å². The van der Waals surface area contributed by atoms with Crippen LogP contribution in [0.4, 0.5) is 0 Å². The SMILES string of the molecule is CC[C@@H](C)N1C(=O)c2ccc(-c3ccco3)n2C[C@]1(C)C(=O)NC1CCC(C)CC1. The van der Waals surface area contributed by atoms with Gasteiger partial charge in [-0.2, -0.15) is 0 Å². The van der Waals surface area contributed by atoms with E-state index in [0.717, 1.165) is 43.7 Å². The van der Waals surface area contributed by atoms with E-state index in [1.165, 1.54) is 0 Å². The lowest BCUT2D eigenvalue weighted by Gasteiger charge is -2.47. The number of carbonyl (C=O) groups is 2. The molecule has 2 aromatic heterocycles. The van der Waals surface area contributed by atoms with Crippen molar-refractivity contribution >= 4 is 11.8 Å². The van der Waals surface area contributed by atoms with Crippen molar-refractivity contribution in [3.8, 4) is 11.5 Å². The zero-order chi connectivity index (χ0) is 21.5. The van der Waals surface area contributed by atoms with E-state index < -0.39 is 5.54 Å². The van der Waals surface area contributed by atoms with Crippen LogP contribution in [0.2, 0.25) is 0 Å². The van der Waals surface area contributed by atoms with Crippen molar-refractivity contribution in [2.24, 2.45) is 5.92 Å². The fourth-order valence-electron chi connectivity index (χ4n) is 4.99. The van der Waals surface area contributed by atoms with E-state index in [1.54, 1.807) is 11.2 Å². The number of amides is 2. The Morgan fingerprint density at radius 1 is 1.23 bits per heavy atom. The number of carbonyl (C=O) groups excluding carboxylic acids is 2. The lowest BCUT2D eigenvalue weighted by molar-refractivity contribution is -0.135. The molecule has 1 N–H and O–H groups in total. The van der Waals surface area contributed by atoms with Gasteiger partial charge in [-0.05, 0) is 76.1 Å². The third-order valence-corrected chi connectivity index (χ3v) is 7.06. The molecular weight excluding hydrogens is 378 g/mol. The smallest absolute Gasteiger partial charge is 0.271 e. The van der Waals surface area contributed by atoms with Gasteiger partial charge in [0.25, 0.3) is 5.91 Å². The van der Waals surface area contributed by atoms with Gasteiger partial charge in [-0.25, -0.2) is 0 Å². The van der Waals surface area contributed by atoms with Gasteiger partial charge >= 0.3 is 0 Å². The van der Waals surface area contributed by atoms with Crippen molar-refractivity contribution in [2.45, 2.75) is 84.0 Å². The number of nitrogens with zero attached hydrogens (tertiary/aromatic N) is 2. The molecule has 0 radical (unpaired) electrons. The van der Waals surface area contributed by atoms with Gasteiger partial charge in [0.05, 0.1) is 18.5 Å². The number of nitrogens with one attached hydrogen (secondary N) is 1. The van der Waals surface area contributed by atoms with Crippen LogP contribution in [-0.2, 0) is 11.3 Å². The monoisotopic (exact) mass is 411 g/mol. The number of hydrogen-bond donors (Lipinski definition) is 1. The van der Waals surface area contributed by atoms with Crippen molar-refractivity contribution in [3.63, 3.8) is 0 Å². The highest BCUT2D eigenvalue weighted by Gasteiger charge is 2.49. The van der Waals surface area contributed by atoms with Crippen LogP contribution in [0.1, 0.15) is 70.3 Å². The minimum Gasteiger partial charge on any atom is -0.463 e. The molecule has 0 spiro atoms. The Kier molecular flexibility index (Phi) is 5.51. The van der Waals surface area contributed by atoms with Gasteiger partial charge in [-0.3, -0.25) is 9.59 Å². The second kappa shape index (κ2) is 7.97. The molecule has 1 aliphatic carbocycles. The summed E-state index contributed by atoms with van der Waals surface area (Å²) in [5.74, 6) is 1.28. The van der Waals surface area contributed by atoms with Crippen LogP contribution in [0.3, 0.4) is 0 Å². The average Bonchev–Trinajstić information content (AvgIpc) is 3.39. The number of aromatic nitrogens is 1. The lowest BCUT2D eigenvalue weighted by atomic mass is 9.86. The zero-order valence-electron chi connectivity index (χ0n) is 18.5. The molecule has 30 heavy (non-hydrogen) atoms. The number of fused-ring (bicyclic) bond motifs is 1. The molecule has 0 unspecified atom stereocenters. The van der Waals surface area contributed by atoms with E-state index in [1.807, 2.05) is 42.7 Å². The van der Waals surface area contributed by atoms with E-state index in [2.05, 4.69) is 19.2 Å². The molecule has 6 heteroatoms. The van der Waals surface area contributed by atoms with E-state index in [0.29, 0.717) is 18.0 Å². The molecular formula is C24H33N3O3. The highest BCUT2D eigenvalue weighted by Crippen LogP contribution is 2.35. The molecule has 1 saturated carbocycles. The molecule has 0 aromatic carbocycles. The Hall–Kier alpha value is -2.50. The Morgan fingerprint density at radius 3 is 2.57 bits per heavy atom. The molecule has 0 saturated heterocycles. The first-order valence-electron chi connectivity index (χ1n) is 11.2. The molecule has 2 atom stereocenters. The highest BCUT2D eigenvalue weighted by molar-refractivity contribution is 6.00. The molecule has 6 nitrogen and oxygen atoms in total. The molecule has 2 aromatic rings. The predicted molar refractivity (Wildman–Crippen MR) is 116 cm³/mol. The number of rotatable bonds is 5. The van der Waals surface area contributed by atoms with Crippen molar-refractivity contribution in [3.05, 3.63) is 36.2 Å². The Morgan fingerprint density at radius 2 is 1.93 bits per heavy atom. The van der Waals surface area contributed by atoms with Gasteiger partial charge in [-0.15, -0.1) is 0 Å². The Labute approximate surface area is 178 Å². The van der Waals surface area contributed by atoms with E-state index in [4.69, 9.17) is 4.42 Å². The van der Waals surface area contributed by atoms with Gasteiger partial charge in [0.1, 0.15) is 17.0 Å². The maximum Gasteiger partial charge on any atom is 0.271 e. The van der Waals surface area contributed by atoms with Crippen LogP contribution in [-0.4, -0.2) is 38.9 Å². The van der Waals surface area contributed by atoms with Crippen molar-refractivity contribution in [1.82, 2.24) is 14.8 Å². The second-order valence-corrected chi connectivity index (χ2v) is 9.30. The summed E-state index contributed by atoms with van der Waals surface area (Å²) in [7, 11) is 0. The summed E-state index contributed by atoms with van der Waals surface area (Å²) >= 11 is 0. The van der Waals surface area contributed by atoms with Gasteiger partial charge in [0.15, 0.2) is 0 Å². The maximum atomic E-state index is 13.6. The summed E-state index contributed by atoms with van der Waals surface area (Å²) < 4.78 is 7.54. The third-order valence-electron chi connectivity index (χ3n) is 7.06. The summed E-state index contributed by atoms with van der Waals surface area (Å²) in [4.78, 5) is 29.0. The van der Waals surface area contributed by atoms with E-state index in [9.17, 15) is 9.59 Å². The molecule has 1 fully saturated rings. The first-order valence-corrected chi connectivity index (χ1v) is 11.2. The van der Waals surface area contributed by atoms with Gasteiger partial charge in [0, 0.05) is 12.1 Å². The fraction of sp³-hybridized carbons (Fsp3) is 0.583. The van der Waals surface area contributed by atoms with Crippen molar-refractivity contribution in [1.29, 1.82) is 0 Å². The van der Waals surface area contributed by atoms with Crippen LogP contribution in [0.5, 0.6) is 0 Å². The van der Waals surface area contributed by atoms with Crippen LogP contribution < -0.4 is 5.32 Å². The molecule has 162 valence electrons. The molecule has 3 heterocycles. The molecule has 2 aliphatic rings. The summed E-state index contributed by atoms with van der Waals surface area (Å²) in [5, 5.41) is 3.29. The molecule has 4 rings (SSSR count). The summed E-state index contributed by atoms with van der Waals surface area (Å²) in [5.41, 5.74) is 0.485. The lowest BCUT2D eigenvalue weighted by Crippen LogP contribution is -2.67. The Bertz CT molecular complexity index is 908. The average molecular weight is 412 g/mol. The maximum absolute atomic E-state index is 13.6. The summed E-state index contributed by atoms with van der Waals surface area (Å²) in [6.45, 7) is 8.68. The third kappa shape index (κ3) is 3.46. The van der Waals surface area contributed by atoms with Gasteiger partial charge < -0.3 is 19.2 Å². The second-order valence-electron chi connectivity index (χ2n) is 9.30. The normalized spacial score (nSPS) is 27.6. The minimum atomic E-state index is -0.955. The van der Waals surface area contributed by atoms with Gasteiger partial charge in [0.2, 0.25) is 5.91 Å². The number of hydrogen-bond acceptors (Lipinski definition) is 3. The molecule has 1 aliphatic heterocycles. The van der Waals surface area contributed by atoms with Crippen LogP contribution in [0, 0.1) is 5.92 Å². The van der Waals surface area contributed by atoms with Crippen molar-refractivity contribution < 1.29 is 14.0 Å². The first-order chi connectivity index (χ1) is 14.3. The summed E-state index contributed by atoms with van der Waals surface area (Å²) in [6, 6.07) is 7.63. The minimum absolute atomic E-state index is 0.0321. The van der Waals surface area contributed by atoms with Crippen molar-refractivity contribution in [2.75, 3.05) is 0 Å². The standard InChI is InChI=1S/C24H33N3O3/c1-5-17(3)27-22(28)20-13-12-19(21-7-6-14-30-21)26(20)15-24(27,4)23(29)25-18-10-8-16(2)9-11-18/h6-7,12-14,16-18H,5,8-11,15H2,1-4H3,(H,25,29)/t16?,17-,18?,24-/m1/s1. The molecule has 0 bridgehead atoms. The van der Waals surface area contributed by atoms with Gasteiger partial charge in [-0.1, -0.05) is 13.8 Å². The Balaban J connectivity index is 1.68. The largest absolute Gasteiger partial charge is 0.463 e. The van der Waals surface area contributed by atoms with E-state index in [-0.39, 0.29) is 23.9 Å². The topological polar surface area (TPSA) is 67.5 Å². The summed E-state index contributed by atoms with van der Waals surface area (Å²) in [6.07, 6.45) is 6.71.